The lowest BCUT2D eigenvalue weighted by atomic mass is 10.2. The predicted molar refractivity (Wildman–Crippen MR) is 68.1 cm³/mol. The third kappa shape index (κ3) is 2.98. The van der Waals surface area contributed by atoms with Crippen molar-refractivity contribution in [2.75, 3.05) is 0 Å². The maximum Gasteiger partial charge on any atom is 0.200 e. The minimum absolute atomic E-state index is 0.412. The van der Waals surface area contributed by atoms with Gasteiger partial charge < -0.3 is 5.84 Å². The van der Waals surface area contributed by atoms with Crippen LogP contribution in [0.25, 0.3) is 0 Å². The fourth-order valence-electron chi connectivity index (χ4n) is 1.35. The lowest BCUT2D eigenvalue weighted by Gasteiger charge is -1.97. The Hall–Kier alpha value is -2.49. The fourth-order valence-corrected chi connectivity index (χ4v) is 1.35. The molecule has 2 N–H and O–H groups in total. The molecule has 0 saturated heterocycles. The molecule has 4 nitrogen and oxygen atoms in total. The number of hydrogen-bond donors (Lipinski definition) is 1. The summed E-state index contributed by atoms with van der Waals surface area (Å²) < 4.78 is 0. The van der Waals surface area contributed by atoms with Crippen LogP contribution < -0.4 is 5.84 Å². The molecule has 0 atom stereocenters. The van der Waals surface area contributed by atoms with Gasteiger partial charge in [-0.2, -0.15) is 5.10 Å². The minimum atomic E-state index is 0.412. The second-order valence-corrected chi connectivity index (χ2v) is 3.35. The summed E-state index contributed by atoms with van der Waals surface area (Å²) in [6, 6.07) is 18.9. The van der Waals surface area contributed by atoms with Crippen molar-refractivity contribution in [2.24, 2.45) is 21.2 Å². The Morgan fingerprint density at radius 3 is 2.00 bits per heavy atom. The van der Waals surface area contributed by atoms with Crippen LogP contribution in [0.1, 0.15) is 5.56 Å². The van der Waals surface area contributed by atoms with Crippen molar-refractivity contribution in [1.29, 1.82) is 0 Å². The van der Waals surface area contributed by atoms with Crippen LogP contribution in [-0.2, 0) is 0 Å². The molecule has 0 aliphatic carbocycles. The van der Waals surface area contributed by atoms with Gasteiger partial charge in [0.2, 0.25) is 0 Å². The Bertz CT molecular complexity index is 518. The van der Waals surface area contributed by atoms with E-state index in [1.807, 2.05) is 60.7 Å². The fraction of sp³-hybridized carbons (Fsp3) is 0. The summed E-state index contributed by atoms with van der Waals surface area (Å²) in [7, 11) is 0. The van der Waals surface area contributed by atoms with Crippen LogP contribution in [-0.4, -0.2) is 5.84 Å². The van der Waals surface area contributed by atoms with Crippen LogP contribution in [0.3, 0.4) is 0 Å². The van der Waals surface area contributed by atoms with Crippen molar-refractivity contribution in [3.63, 3.8) is 0 Å². The Labute approximate surface area is 99.5 Å². The van der Waals surface area contributed by atoms with Crippen molar-refractivity contribution >= 4 is 11.5 Å². The van der Waals surface area contributed by atoms with E-state index in [2.05, 4.69) is 15.3 Å². The highest BCUT2D eigenvalue weighted by molar-refractivity contribution is 5.98. The Balaban J connectivity index is 2.20. The maximum atomic E-state index is 5.30. The van der Waals surface area contributed by atoms with Gasteiger partial charge in [-0.25, -0.2) is 0 Å². The Morgan fingerprint density at radius 1 is 0.824 bits per heavy atom. The zero-order valence-corrected chi connectivity index (χ0v) is 9.19. The first kappa shape index (κ1) is 11.0. The molecule has 0 aliphatic rings. The highest BCUT2D eigenvalue weighted by Crippen LogP contribution is 2.11. The van der Waals surface area contributed by atoms with Gasteiger partial charge in [-0.05, 0) is 12.1 Å². The van der Waals surface area contributed by atoms with E-state index < -0.39 is 0 Å². The van der Waals surface area contributed by atoms with Crippen molar-refractivity contribution in [1.82, 2.24) is 0 Å². The first-order valence-electron chi connectivity index (χ1n) is 5.20. The first-order valence-corrected chi connectivity index (χ1v) is 5.20. The zero-order chi connectivity index (χ0) is 11.9. The molecule has 0 fully saturated rings. The van der Waals surface area contributed by atoms with Crippen LogP contribution >= 0.6 is 0 Å². The monoisotopic (exact) mass is 224 g/mol. The molecule has 2 aromatic carbocycles. The molecule has 0 aliphatic heterocycles. The largest absolute Gasteiger partial charge is 0.321 e. The molecule has 2 aromatic rings. The molecular formula is C13H12N4. The standard InChI is InChI=1S/C13H12N4/c14-15-13(11-7-3-1-4-8-11)17-16-12-9-5-2-6-10-12/h1-10H,14H2/b15-13+,17-16?. The molecule has 17 heavy (non-hydrogen) atoms. The van der Waals surface area contributed by atoms with Crippen LogP contribution in [0.15, 0.2) is 76.0 Å². The molecule has 2 rings (SSSR count). The van der Waals surface area contributed by atoms with E-state index in [0.29, 0.717) is 5.84 Å². The third-order valence-electron chi connectivity index (χ3n) is 2.17. The van der Waals surface area contributed by atoms with Gasteiger partial charge in [-0.1, -0.05) is 48.5 Å². The number of azo groups is 1. The van der Waals surface area contributed by atoms with E-state index in [4.69, 9.17) is 5.84 Å². The SMILES string of the molecule is N/N=C(/N=Nc1ccccc1)c1ccccc1. The van der Waals surface area contributed by atoms with Gasteiger partial charge in [-0.3, -0.25) is 0 Å². The van der Waals surface area contributed by atoms with Crippen molar-refractivity contribution in [2.45, 2.75) is 0 Å². The molecular weight excluding hydrogens is 212 g/mol. The number of benzene rings is 2. The third-order valence-corrected chi connectivity index (χ3v) is 2.17. The molecule has 0 unspecified atom stereocenters. The van der Waals surface area contributed by atoms with Gasteiger partial charge in [0, 0.05) is 5.56 Å². The van der Waals surface area contributed by atoms with Crippen LogP contribution in [0.4, 0.5) is 5.69 Å². The normalized spacial score (nSPS) is 11.9. The molecule has 0 radical (unpaired) electrons. The highest BCUT2D eigenvalue weighted by Gasteiger charge is 1.99. The molecule has 0 aromatic heterocycles. The quantitative estimate of drug-likeness (QED) is 0.275. The average molecular weight is 224 g/mol. The van der Waals surface area contributed by atoms with Crippen LogP contribution in [0.2, 0.25) is 0 Å². The summed E-state index contributed by atoms with van der Waals surface area (Å²) in [4.78, 5) is 0. The Kier molecular flexibility index (Phi) is 3.60. The molecule has 0 heterocycles. The topological polar surface area (TPSA) is 63.1 Å². The number of rotatable bonds is 2. The van der Waals surface area contributed by atoms with E-state index in [-0.39, 0.29) is 0 Å². The molecule has 4 heteroatoms. The zero-order valence-electron chi connectivity index (χ0n) is 9.19. The van der Waals surface area contributed by atoms with Crippen LogP contribution in [0.5, 0.6) is 0 Å². The van der Waals surface area contributed by atoms with Gasteiger partial charge in [0.25, 0.3) is 0 Å². The molecule has 84 valence electrons. The van der Waals surface area contributed by atoms with Crippen molar-refractivity contribution in [3.8, 4) is 0 Å². The first-order chi connectivity index (χ1) is 8.40. The van der Waals surface area contributed by atoms with E-state index in [1.54, 1.807) is 0 Å². The second kappa shape index (κ2) is 5.55. The average Bonchev–Trinajstić information content (AvgIpc) is 2.42. The van der Waals surface area contributed by atoms with Crippen LogP contribution in [0, 0.1) is 0 Å². The molecule has 0 bridgehead atoms. The van der Waals surface area contributed by atoms with Gasteiger partial charge in [-0.15, -0.1) is 10.2 Å². The van der Waals surface area contributed by atoms with E-state index in [9.17, 15) is 0 Å². The summed E-state index contributed by atoms with van der Waals surface area (Å²) in [5.74, 6) is 5.71. The smallest absolute Gasteiger partial charge is 0.200 e. The van der Waals surface area contributed by atoms with Crippen molar-refractivity contribution in [3.05, 3.63) is 66.2 Å². The lowest BCUT2D eigenvalue weighted by molar-refractivity contribution is 1.18. The summed E-state index contributed by atoms with van der Waals surface area (Å²) in [5, 5.41) is 11.7. The molecule has 0 spiro atoms. The molecule has 0 saturated carbocycles. The predicted octanol–water partition coefficient (Wildman–Crippen LogP) is 3.09. The van der Waals surface area contributed by atoms with Gasteiger partial charge in [0.1, 0.15) is 0 Å². The summed E-state index contributed by atoms with van der Waals surface area (Å²) in [6.07, 6.45) is 0. The maximum absolute atomic E-state index is 5.30. The van der Waals surface area contributed by atoms with Gasteiger partial charge in [0.15, 0.2) is 5.84 Å². The summed E-state index contributed by atoms with van der Waals surface area (Å²) >= 11 is 0. The number of nitrogens with two attached hydrogens (primary N) is 1. The number of hydrazone groups is 1. The Morgan fingerprint density at radius 2 is 1.41 bits per heavy atom. The van der Waals surface area contributed by atoms with E-state index in [1.165, 1.54) is 0 Å². The molecule has 0 amide bonds. The van der Waals surface area contributed by atoms with Gasteiger partial charge in [0.05, 0.1) is 5.69 Å². The number of nitrogens with zero attached hydrogens (tertiary/aromatic N) is 3. The van der Waals surface area contributed by atoms with Gasteiger partial charge >= 0.3 is 0 Å². The summed E-state index contributed by atoms with van der Waals surface area (Å²) in [6.45, 7) is 0. The van der Waals surface area contributed by atoms with Crippen molar-refractivity contribution < 1.29 is 0 Å². The number of amidine groups is 1. The number of hydrogen-bond acceptors (Lipinski definition) is 3. The lowest BCUT2D eigenvalue weighted by Crippen LogP contribution is -1.99. The van der Waals surface area contributed by atoms with E-state index in [0.717, 1.165) is 11.3 Å². The highest BCUT2D eigenvalue weighted by atomic mass is 15.2. The van der Waals surface area contributed by atoms with E-state index >= 15 is 0 Å². The second-order valence-electron chi connectivity index (χ2n) is 3.35. The summed E-state index contributed by atoms with van der Waals surface area (Å²) in [5.41, 5.74) is 1.61. The minimum Gasteiger partial charge on any atom is -0.321 e.